The van der Waals surface area contributed by atoms with Gasteiger partial charge in [0, 0.05) is 12.1 Å². The summed E-state index contributed by atoms with van der Waals surface area (Å²) in [7, 11) is 1.61. The van der Waals surface area contributed by atoms with Gasteiger partial charge in [-0.3, -0.25) is 4.79 Å². The van der Waals surface area contributed by atoms with Crippen molar-refractivity contribution in [2.24, 2.45) is 5.41 Å². The topological polar surface area (TPSA) is 38.3 Å². The van der Waals surface area contributed by atoms with Crippen molar-refractivity contribution in [3.63, 3.8) is 0 Å². The number of amides is 1. The van der Waals surface area contributed by atoms with Gasteiger partial charge >= 0.3 is 0 Å². The lowest BCUT2D eigenvalue weighted by Gasteiger charge is -2.18. The number of carbonyl (C=O) groups excluding carboxylic acids is 1. The van der Waals surface area contributed by atoms with E-state index in [4.69, 9.17) is 4.74 Å². The van der Waals surface area contributed by atoms with Gasteiger partial charge in [0.1, 0.15) is 5.75 Å². The second-order valence-electron chi connectivity index (χ2n) is 5.30. The van der Waals surface area contributed by atoms with Crippen LogP contribution < -0.4 is 10.1 Å². The minimum atomic E-state index is -0.0306. The third kappa shape index (κ3) is 4.89. The minimum Gasteiger partial charge on any atom is -0.497 e. The van der Waals surface area contributed by atoms with Crippen LogP contribution in [0.3, 0.4) is 0 Å². The monoisotopic (exact) mass is 235 g/mol. The molecule has 1 aromatic rings. The number of methoxy groups -OCH3 is 1. The van der Waals surface area contributed by atoms with E-state index in [1.165, 1.54) is 0 Å². The van der Waals surface area contributed by atoms with E-state index in [1.807, 2.05) is 0 Å². The van der Waals surface area contributed by atoms with Gasteiger partial charge < -0.3 is 10.1 Å². The molecule has 0 fully saturated rings. The molecule has 1 N–H and O–H groups in total. The van der Waals surface area contributed by atoms with Crippen molar-refractivity contribution in [2.75, 3.05) is 13.7 Å². The summed E-state index contributed by atoms with van der Waals surface area (Å²) in [4.78, 5) is 11.8. The zero-order valence-electron chi connectivity index (χ0n) is 11.0. The van der Waals surface area contributed by atoms with Crippen LogP contribution in [0, 0.1) is 5.41 Å². The molecule has 1 amide bonds. The van der Waals surface area contributed by atoms with Crippen molar-refractivity contribution in [2.45, 2.75) is 27.2 Å². The van der Waals surface area contributed by atoms with E-state index in [1.54, 1.807) is 31.4 Å². The standard InChI is InChI=1S/C14H21NO2/c1-14(2,3)9-10-15-13(16)11-5-7-12(17-4)8-6-11/h5-8H,9-10H2,1-4H3,(H,15,16). The fraction of sp³-hybridized carbons (Fsp3) is 0.500. The van der Waals surface area contributed by atoms with Crippen LogP contribution in [-0.4, -0.2) is 19.6 Å². The Morgan fingerprint density at radius 3 is 2.29 bits per heavy atom. The van der Waals surface area contributed by atoms with Crippen LogP contribution in [0.5, 0.6) is 5.75 Å². The first-order valence-corrected chi connectivity index (χ1v) is 5.84. The molecule has 1 aromatic carbocycles. The minimum absolute atomic E-state index is 0.0306. The smallest absolute Gasteiger partial charge is 0.251 e. The van der Waals surface area contributed by atoms with Crippen molar-refractivity contribution >= 4 is 5.91 Å². The molecule has 17 heavy (non-hydrogen) atoms. The van der Waals surface area contributed by atoms with Gasteiger partial charge in [0.15, 0.2) is 0 Å². The highest BCUT2D eigenvalue weighted by Crippen LogP contribution is 2.17. The number of carbonyl (C=O) groups is 1. The molecular weight excluding hydrogens is 214 g/mol. The molecule has 0 aromatic heterocycles. The predicted molar refractivity (Wildman–Crippen MR) is 69.4 cm³/mol. The van der Waals surface area contributed by atoms with Gasteiger partial charge in [-0.1, -0.05) is 20.8 Å². The van der Waals surface area contributed by atoms with Gasteiger partial charge in [0.2, 0.25) is 0 Å². The maximum absolute atomic E-state index is 11.8. The number of nitrogens with one attached hydrogen (secondary N) is 1. The summed E-state index contributed by atoms with van der Waals surface area (Å²) in [6.45, 7) is 7.18. The number of ether oxygens (including phenoxy) is 1. The van der Waals surface area contributed by atoms with Crippen molar-refractivity contribution < 1.29 is 9.53 Å². The van der Waals surface area contributed by atoms with E-state index >= 15 is 0 Å². The Kier molecular flexibility index (Phi) is 4.55. The van der Waals surface area contributed by atoms with Gasteiger partial charge in [-0.2, -0.15) is 0 Å². The van der Waals surface area contributed by atoms with E-state index in [0.29, 0.717) is 12.1 Å². The quantitative estimate of drug-likeness (QED) is 0.871. The van der Waals surface area contributed by atoms with Crippen molar-refractivity contribution in [3.05, 3.63) is 29.8 Å². The van der Waals surface area contributed by atoms with Gasteiger partial charge in [0.05, 0.1) is 7.11 Å². The molecule has 0 radical (unpaired) electrons. The molecule has 0 saturated carbocycles. The summed E-state index contributed by atoms with van der Waals surface area (Å²) in [6, 6.07) is 7.12. The summed E-state index contributed by atoms with van der Waals surface area (Å²) in [5.41, 5.74) is 0.910. The van der Waals surface area contributed by atoms with Crippen LogP contribution >= 0.6 is 0 Å². The molecule has 0 aliphatic carbocycles. The summed E-state index contributed by atoms with van der Waals surface area (Å²) >= 11 is 0. The molecule has 0 bridgehead atoms. The van der Waals surface area contributed by atoms with Gasteiger partial charge in [-0.05, 0) is 36.1 Å². The third-order valence-corrected chi connectivity index (χ3v) is 2.51. The Morgan fingerprint density at radius 1 is 1.24 bits per heavy atom. The van der Waals surface area contributed by atoms with Crippen LogP contribution in [0.1, 0.15) is 37.6 Å². The lowest BCUT2D eigenvalue weighted by atomic mass is 9.92. The third-order valence-electron chi connectivity index (χ3n) is 2.51. The number of rotatable bonds is 4. The predicted octanol–water partition coefficient (Wildman–Crippen LogP) is 2.86. The fourth-order valence-corrected chi connectivity index (χ4v) is 1.40. The Balaban J connectivity index is 2.47. The summed E-state index contributed by atoms with van der Waals surface area (Å²) < 4.78 is 5.04. The molecule has 0 saturated heterocycles. The SMILES string of the molecule is COc1ccc(C(=O)NCCC(C)(C)C)cc1. The first-order chi connectivity index (χ1) is 7.92. The Morgan fingerprint density at radius 2 is 1.82 bits per heavy atom. The summed E-state index contributed by atoms with van der Waals surface area (Å²) in [5.74, 6) is 0.730. The fourth-order valence-electron chi connectivity index (χ4n) is 1.40. The first kappa shape index (κ1) is 13.6. The lowest BCUT2D eigenvalue weighted by Crippen LogP contribution is -2.27. The maximum Gasteiger partial charge on any atom is 0.251 e. The normalized spacial score (nSPS) is 11.1. The highest BCUT2D eigenvalue weighted by Gasteiger charge is 2.11. The van der Waals surface area contributed by atoms with Crippen LogP contribution in [0.4, 0.5) is 0 Å². The molecule has 0 heterocycles. The van der Waals surface area contributed by atoms with Crippen molar-refractivity contribution in [3.8, 4) is 5.75 Å². The molecule has 1 rings (SSSR count). The van der Waals surface area contributed by atoms with Gasteiger partial charge in [0.25, 0.3) is 5.91 Å². The molecule has 0 unspecified atom stereocenters. The molecule has 0 aliphatic rings. The average Bonchev–Trinajstić information content (AvgIpc) is 2.27. The van der Waals surface area contributed by atoms with Crippen LogP contribution in [0.25, 0.3) is 0 Å². The zero-order valence-corrected chi connectivity index (χ0v) is 11.0. The summed E-state index contributed by atoms with van der Waals surface area (Å²) in [5, 5.41) is 2.91. The van der Waals surface area contributed by atoms with Gasteiger partial charge in [-0.15, -0.1) is 0 Å². The van der Waals surface area contributed by atoms with E-state index < -0.39 is 0 Å². The molecule has 0 aliphatic heterocycles. The second-order valence-corrected chi connectivity index (χ2v) is 5.30. The molecule has 0 atom stereocenters. The molecular formula is C14H21NO2. The Bertz CT molecular complexity index is 363. The second kappa shape index (κ2) is 5.71. The molecule has 3 heteroatoms. The molecule has 94 valence electrons. The highest BCUT2D eigenvalue weighted by molar-refractivity contribution is 5.94. The van der Waals surface area contributed by atoms with E-state index in [9.17, 15) is 4.79 Å². The Hall–Kier alpha value is -1.51. The maximum atomic E-state index is 11.8. The van der Waals surface area contributed by atoms with Crippen LogP contribution in [0.2, 0.25) is 0 Å². The van der Waals surface area contributed by atoms with Crippen LogP contribution in [0.15, 0.2) is 24.3 Å². The molecule has 3 nitrogen and oxygen atoms in total. The van der Waals surface area contributed by atoms with E-state index in [-0.39, 0.29) is 11.3 Å². The lowest BCUT2D eigenvalue weighted by molar-refractivity contribution is 0.0949. The van der Waals surface area contributed by atoms with Crippen LogP contribution in [-0.2, 0) is 0 Å². The first-order valence-electron chi connectivity index (χ1n) is 5.84. The van der Waals surface area contributed by atoms with Crippen molar-refractivity contribution in [1.29, 1.82) is 0 Å². The van der Waals surface area contributed by atoms with E-state index in [2.05, 4.69) is 26.1 Å². The zero-order chi connectivity index (χ0) is 12.9. The van der Waals surface area contributed by atoms with Gasteiger partial charge in [-0.25, -0.2) is 0 Å². The number of benzene rings is 1. The summed E-state index contributed by atoms with van der Waals surface area (Å²) in [6.07, 6.45) is 0.967. The number of hydrogen-bond acceptors (Lipinski definition) is 2. The number of hydrogen-bond donors (Lipinski definition) is 1. The Labute approximate surface area is 103 Å². The average molecular weight is 235 g/mol. The van der Waals surface area contributed by atoms with E-state index in [0.717, 1.165) is 12.2 Å². The molecule has 0 spiro atoms. The largest absolute Gasteiger partial charge is 0.497 e. The highest BCUT2D eigenvalue weighted by atomic mass is 16.5. The van der Waals surface area contributed by atoms with Crippen molar-refractivity contribution in [1.82, 2.24) is 5.32 Å².